The van der Waals surface area contributed by atoms with E-state index in [1.165, 1.54) is 0 Å². The molecule has 0 bridgehead atoms. The zero-order chi connectivity index (χ0) is 10.6. The largest absolute Gasteiger partial charge is 0.358 e. The second-order valence-corrected chi connectivity index (χ2v) is 6.67. The molecule has 1 saturated carbocycles. The lowest BCUT2D eigenvalue weighted by Crippen LogP contribution is -2.09. The Hall–Kier alpha value is -0.0900. The molecule has 1 N–H and O–H groups in total. The topological polar surface area (TPSA) is 24.9 Å². The first-order valence-corrected chi connectivity index (χ1v) is 6.40. The third-order valence-corrected chi connectivity index (χ3v) is 5.25. The van der Waals surface area contributed by atoms with Crippen LogP contribution >= 0.6 is 27.3 Å². The average molecular weight is 275 g/mol. The molecule has 0 radical (unpaired) electrons. The van der Waals surface area contributed by atoms with Gasteiger partial charge >= 0.3 is 0 Å². The molecule has 14 heavy (non-hydrogen) atoms. The highest BCUT2D eigenvalue weighted by Gasteiger charge is 2.65. The van der Waals surface area contributed by atoms with Crippen LogP contribution in [0.3, 0.4) is 0 Å². The van der Waals surface area contributed by atoms with E-state index in [1.807, 2.05) is 5.38 Å². The Bertz CT molecular complexity index is 343. The molecule has 0 saturated heterocycles. The monoisotopic (exact) mass is 274 g/mol. The predicted octanol–water partition coefficient (Wildman–Crippen LogP) is 3.75. The van der Waals surface area contributed by atoms with Gasteiger partial charge in [0.2, 0.25) is 0 Å². The van der Waals surface area contributed by atoms with Crippen LogP contribution in [0.5, 0.6) is 0 Å². The summed E-state index contributed by atoms with van der Waals surface area (Å²) in [4.78, 5) is 4.35. The minimum absolute atomic E-state index is 0.366. The number of rotatable bonds is 2. The fourth-order valence-electron chi connectivity index (χ4n) is 2.00. The van der Waals surface area contributed by atoms with Crippen LogP contribution in [0, 0.1) is 10.8 Å². The molecule has 0 unspecified atom stereocenters. The van der Waals surface area contributed by atoms with Gasteiger partial charge in [0.15, 0.2) is 5.13 Å². The minimum atomic E-state index is 0.366. The Morgan fingerprint density at radius 3 is 2.29 bits per heavy atom. The SMILES string of the molecule is CC1(C)C(Nc2nc(Br)cs2)C1(C)C. The van der Waals surface area contributed by atoms with E-state index < -0.39 is 0 Å². The molecular formula is C10H15BrN2S. The van der Waals surface area contributed by atoms with E-state index in [9.17, 15) is 0 Å². The van der Waals surface area contributed by atoms with Crippen LogP contribution in [0.2, 0.25) is 0 Å². The zero-order valence-corrected chi connectivity index (χ0v) is 11.3. The summed E-state index contributed by atoms with van der Waals surface area (Å²) in [6.07, 6.45) is 0. The van der Waals surface area contributed by atoms with Crippen molar-refractivity contribution in [1.29, 1.82) is 0 Å². The van der Waals surface area contributed by atoms with Crippen molar-refractivity contribution in [2.75, 3.05) is 5.32 Å². The van der Waals surface area contributed by atoms with E-state index in [2.05, 4.69) is 53.9 Å². The maximum absolute atomic E-state index is 4.35. The van der Waals surface area contributed by atoms with Crippen molar-refractivity contribution in [1.82, 2.24) is 4.98 Å². The quantitative estimate of drug-likeness (QED) is 0.889. The Morgan fingerprint density at radius 1 is 1.36 bits per heavy atom. The Balaban J connectivity index is 2.08. The molecule has 1 aliphatic carbocycles. The summed E-state index contributed by atoms with van der Waals surface area (Å²) in [7, 11) is 0. The minimum Gasteiger partial charge on any atom is -0.358 e. The molecule has 0 aliphatic heterocycles. The second-order valence-electron chi connectivity index (χ2n) is 5.00. The zero-order valence-electron chi connectivity index (χ0n) is 8.89. The molecule has 2 rings (SSSR count). The van der Waals surface area contributed by atoms with Crippen molar-refractivity contribution >= 4 is 32.4 Å². The lowest BCUT2D eigenvalue weighted by atomic mass is 10.0. The van der Waals surface area contributed by atoms with Crippen LogP contribution in [0.15, 0.2) is 9.98 Å². The van der Waals surface area contributed by atoms with Crippen molar-refractivity contribution < 1.29 is 0 Å². The molecule has 78 valence electrons. The smallest absolute Gasteiger partial charge is 0.183 e. The maximum atomic E-state index is 4.35. The van der Waals surface area contributed by atoms with Crippen molar-refractivity contribution in [2.45, 2.75) is 33.7 Å². The molecule has 0 spiro atoms. The van der Waals surface area contributed by atoms with E-state index in [-0.39, 0.29) is 0 Å². The first-order chi connectivity index (χ1) is 6.35. The van der Waals surface area contributed by atoms with Gasteiger partial charge in [-0.15, -0.1) is 11.3 Å². The van der Waals surface area contributed by atoms with Gasteiger partial charge in [0, 0.05) is 11.4 Å². The van der Waals surface area contributed by atoms with Gasteiger partial charge in [-0.25, -0.2) is 4.98 Å². The first-order valence-electron chi connectivity index (χ1n) is 4.73. The van der Waals surface area contributed by atoms with Crippen LogP contribution < -0.4 is 5.32 Å². The number of hydrogen-bond donors (Lipinski definition) is 1. The van der Waals surface area contributed by atoms with Gasteiger partial charge in [-0.2, -0.15) is 0 Å². The van der Waals surface area contributed by atoms with Gasteiger partial charge in [0.1, 0.15) is 4.60 Å². The lowest BCUT2D eigenvalue weighted by molar-refractivity contribution is 0.457. The normalized spacial score (nSPS) is 23.5. The second kappa shape index (κ2) is 2.95. The first kappa shape index (κ1) is 10.4. The fraction of sp³-hybridized carbons (Fsp3) is 0.700. The van der Waals surface area contributed by atoms with Crippen LogP contribution in [-0.2, 0) is 0 Å². The van der Waals surface area contributed by atoms with Gasteiger partial charge in [-0.1, -0.05) is 27.7 Å². The summed E-state index contributed by atoms with van der Waals surface area (Å²) in [6.45, 7) is 9.20. The molecule has 1 aromatic rings. The van der Waals surface area contributed by atoms with Crippen molar-refractivity contribution in [3.8, 4) is 0 Å². The van der Waals surface area contributed by atoms with E-state index in [4.69, 9.17) is 0 Å². The number of nitrogens with one attached hydrogen (secondary N) is 1. The van der Waals surface area contributed by atoms with Crippen molar-refractivity contribution in [3.63, 3.8) is 0 Å². The molecule has 1 aromatic heterocycles. The fourth-order valence-corrected chi connectivity index (χ4v) is 3.17. The average Bonchev–Trinajstić information content (AvgIpc) is 2.47. The lowest BCUT2D eigenvalue weighted by Gasteiger charge is -2.02. The summed E-state index contributed by atoms with van der Waals surface area (Å²) in [5.74, 6) is 0. The summed E-state index contributed by atoms with van der Waals surface area (Å²) in [6, 6.07) is 0.535. The number of anilines is 1. The molecular weight excluding hydrogens is 260 g/mol. The van der Waals surface area contributed by atoms with Gasteiger partial charge in [0.25, 0.3) is 0 Å². The van der Waals surface area contributed by atoms with Crippen LogP contribution in [0.4, 0.5) is 5.13 Å². The van der Waals surface area contributed by atoms with Crippen molar-refractivity contribution in [2.24, 2.45) is 10.8 Å². The van der Waals surface area contributed by atoms with Gasteiger partial charge in [-0.3, -0.25) is 0 Å². The third-order valence-electron chi connectivity index (χ3n) is 3.76. The molecule has 1 aliphatic rings. The van der Waals surface area contributed by atoms with Crippen LogP contribution in [-0.4, -0.2) is 11.0 Å². The highest BCUT2D eigenvalue weighted by atomic mass is 79.9. The summed E-state index contributed by atoms with van der Waals surface area (Å²) in [5, 5.41) is 6.51. The van der Waals surface area contributed by atoms with Gasteiger partial charge in [0.05, 0.1) is 0 Å². The molecule has 0 amide bonds. The third kappa shape index (κ3) is 1.39. The number of aromatic nitrogens is 1. The highest BCUT2D eigenvalue weighted by molar-refractivity contribution is 9.10. The number of halogens is 1. The Labute approximate surface area is 97.3 Å². The molecule has 0 atom stereocenters. The van der Waals surface area contributed by atoms with Crippen LogP contribution in [0.1, 0.15) is 27.7 Å². The number of hydrogen-bond acceptors (Lipinski definition) is 3. The maximum Gasteiger partial charge on any atom is 0.183 e. The highest BCUT2D eigenvalue weighted by Crippen LogP contribution is 2.63. The van der Waals surface area contributed by atoms with Gasteiger partial charge < -0.3 is 5.32 Å². The predicted molar refractivity (Wildman–Crippen MR) is 64.8 cm³/mol. The van der Waals surface area contributed by atoms with Gasteiger partial charge in [-0.05, 0) is 26.8 Å². The summed E-state index contributed by atoms with van der Waals surface area (Å²) >= 11 is 5.01. The van der Waals surface area contributed by atoms with E-state index in [1.54, 1.807) is 11.3 Å². The standard InChI is InChI=1S/C10H15BrN2S/c1-9(2)7(10(9,3)4)13-8-12-6(11)5-14-8/h5,7H,1-4H3,(H,12,13). The van der Waals surface area contributed by atoms with E-state index >= 15 is 0 Å². The van der Waals surface area contributed by atoms with Crippen LogP contribution in [0.25, 0.3) is 0 Å². The molecule has 0 aromatic carbocycles. The molecule has 1 heterocycles. The Morgan fingerprint density at radius 2 is 1.93 bits per heavy atom. The summed E-state index contributed by atoms with van der Waals surface area (Å²) < 4.78 is 0.918. The van der Waals surface area contributed by atoms with Crippen molar-refractivity contribution in [3.05, 3.63) is 9.98 Å². The molecule has 2 nitrogen and oxygen atoms in total. The molecule has 4 heteroatoms. The van der Waals surface area contributed by atoms with E-state index in [0.717, 1.165) is 9.73 Å². The Kier molecular flexibility index (Phi) is 2.20. The molecule has 1 fully saturated rings. The summed E-state index contributed by atoms with van der Waals surface area (Å²) in [5.41, 5.74) is 0.732. The number of thiazole rings is 1. The van der Waals surface area contributed by atoms with E-state index in [0.29, 0.717) is 16.9 Å². The number of nitrogens with zero attached hydrogens (tertiary/aromatic N) is 1.